The highest BCUT2D eigenvalue weighted by Crippen LogP contribution is 2.22. The van der Waals surface area contributed by atoms with Crippen molar-refractivity contribution in [1.29, 1.82) is 0 Å². The van der Waals surface area contributed by atoms with E-state index in [1.54, 1.807) is 25.9 Å². The molecule has 0 fully saturated rings. The summed E-state index contributed by atoms with van der Waals surface area (Å²) in [4.78, 5) is 14.2. The highest BCUT2D eigenvalue weighted by Gasteiger charge is 2.03. The molecule has 0 aliphatic rings. The van der Waals surface area contributed by atoms with E-state index >= 15 is 0 Å². The normalized spacial score (nSPS) is 10.1. The lowest BCUT2D eigenvalue weighted by Crippen LogP contribution is -2.27. The van der Waals surface area contributed by atoms with Crippen LogP contribution < -0.4 is 10.1 Å². The monoisotopic (exact) mass is 316 g/mol. The Morgan fingerprint density at radius 1 is 1.18 bits per heavy atom. The third kappa shape index (κ3) is 5.00. The summed E-state index contributed by atoms with van der Waals surface area (Å²) in [5.41, 5.74) is 1.99. The van der Waals surface area contributed by atoms with Crippen LogP contribution in [0.3, 0.4) is 0 Å². The molecular formula is C17H20N2O2S. The van der Waals surface area contributed by atoms with Crippen LogP contribution in [-0.4, -0.2) is 31.0 Å². The Morgan fingerprint density at radius 2 is 1.91 bits per heavy atom. The van der Waals surface area contributed by atoms with Crippen LogP contribution in [0.25, 0.3) is 0 Å². The number of amides is 2. The molecule has 0 aliphatic heterocycles. The third-order valence-corrected chi connectivity index (χ3v) is 3.78. The van der Waals surface area contributed by atoms with E-state index in [4.69, 9.17) is 4.74 Å². The second kappa shape index (κ2) is 7.75. The molecule has 2 amide bonds. The number of nitrogens with one attached hydrogen (secondary N) is 1. The second-order valence-electron chi connectivity index (χ2n) is 5.07. The number of benzene rings is 2. The third-order valence-electron chi connectivity index (χ3n) is 2.95. The highest BCUT2D eigenvalue weighted by molar-refractivity contribution is 7.99. The number of anilines is 1. The lowest BCUT2D eigenvalue weighted by atomic mass is 10.2. The molecule has 0 saturated heterocycles. The SMILES string of the molecule is Cc1cccc(SCOc2ccc(NC(=O)N(C)C)cc2)c1. The summed E-state index contributed by atoms with van der Waals surface area (Å²) < 4.78 is 5.70. The summed E-state index contributed by atoms with van der Waals surface area (Å²) in [6, 6.07) is 15.5. The molecule has 5 heteroatoms. The van der Waals surface area contributed by atoms with Crippen LogP contribution in [0.2, 0.25) is 0 Å². The maximum absolute atomic E-state index is 11.5. The molecule has 0 saturated carbocycles. The maximum Gasteiger partial charge on any atom is 0.321 e. The zero-order valence-electron chi connectivity index (χ0n) is 13.0. The second-order valence-corrected chi connectivity index (χ2v) is 6.07. The lowest BCUT2D eigenvalue weighted by Gasteiger charge is -2.12. The Hall–Kier alpha value is -2.14. The van der Waals surface area contributed by atoms with E-state index in [-0.39, 0.29) is 6.03 Å². The number of ether oxygens (including phenoxy) is 1. The van der Waals surface area contributed by atoms with Crippen molar-refractivity contribution in [2.24, 2.45) is 0 Å². The Balaban J connectivity index is 1.82. The predicted molar refractivity (Wildman–Crippen MR) is 91.7 cm³/mol. The van der Waals surface area contributed by atoms with Gasteiger partial charge in [0, 0.05) is 24.7 Å². The summed E-state index contributed by atoms with van der Waals surface area (Å²) in [5.74, 6) is 1.33. The summed E-state index contributed by atoms with van der Waals surface area (Å²) in [5, 5.41) is 2.78. The first-order valence-electron chi connectivity index (χ1n) is 6.95. The van der Waals surface area contributed by atoms with E-state index in [2.05, 4.69) is 30.4 Å². The van der Waals surface area contributed by atoms with Crippen molar-refractivity contribution in [1.82, 2.24) is 4.90 Å². The average Bonchev–Trinajstić information content (AvgIpc) is 2.49. The van der Waals surface area contributed by atoms with Gasteiger partial charge in [-0.05, 0) is 43.3 Å². The van der Waals surface area contributed by atoms with Gasteiger partial charge in [-0.3, -0.25) is 0 Å². The van der Waals surface area contributed by atoms with E-state index in [1.165, 1.54) is 15.4 Å². The van der Waals surface area contributed by atoms with Gasteiger partial charge in [-0.25, -0.2) is 4.79 Å². The van der Waals surface area contributed by atoms with Crippen molar-refractivity contribution in [2.75, 3.05) is 25.4 Å². The molecule has 0 atom stereocenters. The standard InChI is InChI=1S/C17H20N2O2S/c1-13-5-4-6-16(11-13)22-12-21-15-9-7-14(8-10-15)18-17(20)19(2)3/h4-11H,12H2,1-3H3,(H,18,20). The first-order valence-corrected chi connectivity index (χ1v) is 7.94. The number of rotatable bonds is 5. The molecule has 0 unspecified atom stereocenters. The molecule has 0 radical (unpaired) electrons. The topological polar surface area (TPSA) is 41.6 Å². The number of thioether (sulfide) groups is 1. The zero-order valence-corrected chi connectivity index (χ0v) is 13.8. The number of hydrogen-bond donors (Lipinski definition) is 1. The van der Waals surface area contributed by atoms with Crippen LogP contribution in [0.4, 0.5) is 10.5 Å². The molecule has 2 aromatic carbocycles. The van der Waals surface area contributed by atoms with Gasteiger partial charge in [-0.2, -0.15) is 0 Å². The van der Waals surface area contributed by atoms with Gasteiger partial charge in [0.05, 0.1) is 0 Å². The molecule has 22 heavy (non-hydrogen) atoms. The molecule has 0 aliphatic carbocycles. The van der Waals surface area contributed by atoms with Gasteiger partial charge in [0.15, 0.2) is 0 Å². The molecule has 0 aromatic heterocycles. The van der Waals surface area contributed by atoms with E-state index in [0.717, 1.165) is 11.4 Å². The number of carbonyl (C=O) groups excluding carboxylic acids is 1. The van der Waals surface area contributed by atoms with Crippen LogP contribution in [-0.2, 0) is 0 Å². The van der Waals surface area contributed by atoms with Crippen LogP contribution in [0.1, 0.15) is 5.56 Å². The van der Waals surface area contributed by atoms with Crippen molar-refractivity contribution < 1.29 is 9.53 Å². The first kappa shape index (κ1) is 16.2. The first-order chi connectivity index (χ1) is 10.5. The van der Waals surface area contributed by atoms with Crippen LogP contribution in [0, 0.1) is 6.92 Å². The quantitative estimate of drug-likeness (QED) is 0.663. The summed E-state index contributed by atoms with van der Waals surface area (Å²) >= 11 is 1.65. The molecule has 116 valence electrons. The summed E-state index contributed by atoms with van der Waals surface area (Å²) in [7, 11) is 3.41. The predicted octanol–water partition coefficient (Wildman–Crippen LogP) is 4.22. The lowest BCUT2D eigenvalue weighted by molar-refractivity contribution is 0.230. The van der Waals surface area contributed by atoms with Gasteiger partial charge in [0.1, 0.15) is 11.7 Å². The van der Waals surface area contributed by atoms with Gasteiger partial charge in [-0.1, -0.05) is 29.5 Å². The van der Waals surface area contributed by atoms with Gasteiger partial charge < -0.3 is 15.0 Å². The van der Waals surface area contributed by atoms with Gasteiger partial charge in [0.25, 0.3) is 0 Å². The largest absolute Gasteiger partial charge is 0.483 e. The smallest absolute Gasteiger partial charge is 0.321 e. The van der Waals surface area contributed by atoms with Gasteiger partial charge >= 0.3 is 6.03 Å². The molecule has 4 nitrogen and oxygen atoms in total. The number of aryl methyl sites for hydroxylation is 1. The number of hydrogen-bond acceptors (Lipinski definition) is 3. The summed E-state index contributed by atoms with van der Waals surface area (Å²) in [6.07, 6.45) is 0. The highest BCUT2D eigenvalue weighted by atomic mass is 32.2. The van der Waals surface area contributed by atoms with Crippen molar-refractivity contribution in [2.45, 2.75) is 11.8 Å². The molecular weight excluding hydrogens is 296 g/mol. The molecule has 2 aromatic rings. The van der Waals surface area contributed by atoms with Crippen molar-refractivity contribution in [3.8, 4) is 5.75 Å². The van der Waals surface area contributed by atoms with E-state index in [9.17, 15) is 4.79 Å². The molecule has 0 bridgehead atoms. The van der Waals surface area contributed by atoms with Crippen LogP contribution in [0.15, 0.2) is 53.4 Å². The molecule has 2 rings (SSSR count). The Kier molecular flexibility index (Phi) is 5.72. The fraction of sp³-hybridized carbons (Fsp3) is 0.235. The number of urea groups is 1. The van der Waals surface area contributed by atoms with Crippen molar-refractivity contribution >= 4 is 23.5 Å². The number of nitrogens with zero attached hydrogens (tertiary/aromatic N) is 1. The summed E-state index contributed by atoms with van der Waals surface area (Å²) in [6.45, 7) is 2.08. The molecule has 1 N–H and O–H groups in total. The number of carbonyl (C=O) groups is 1. The molecule has 0 heterocycles. The maximum atomic E-state index is 11.5. The van der Waals surface area contributed by atoms with E-state index in [0.29, 0.717) is 5.94 Å². The zero-order chi connectivity index (χ0) is 15.9. The van der Waals surface area contributed by atoms with Crippen molar-refractivity contribution in [3.63, 3.8) is 0 Å². The van der Waals surface area contributed by atoms with E-state index < -0.39 is 0 Å². The Morgan fingerprint density at radius 3 is 2.55 bits per heavy atom. The van der Waals surface area contributed by atoms with Crippen molar-refractivity contribution in [3.05, 3.63) is 54.1 Å². The van der Waals surface area contributed by atoms with Gasteiger partial charge in [0.2, 0.25) is 0 Å². The van der Waals surface area contributed by atoms with E-state index in [1.807, 2.05) is 30.3 Å². The average molecular weight is 316 g/mol. The Labute approximate surface area is 135 Å². The fourth-order valence-electron chi connectivity index (χ4n) is 1.74. The minimum atomic E-state index is -0.149. The minimum absolute atomic E-state index is 0.149. The van der Waals surface area contributed by atoms with Gasteiger partial charge in [-0.15, -0.1) is 0 Å². The minimum Gasteiger partial charge on any atom is -0.483 e. The Bertz CT molecular complexity index is 627. The fourth-order valence-corrected chi connectivity index (χ4v) is 2.52. The molecule has 0 spiro atoms. The van der Waals surface area contributed by atoms with Crippen LogP contribution in [0.5, 0.6) is 5.75 Å². The van der Waals surface area contributed by atoms with Crippen LogP contribution >= 0.6 is 11.8 Å².